The number of amides is 1. The number of likely N-dealkylation sites (tertiary alicyclic amines) is 1. The number of hydrogen-bond acceptors (Lipinski definition) is 3. The normalized spacial score (nSPS) is 23.6. The minimum absolute atomic E-state index is 0.0349. The van der Waals surface area contributed by atoms with E-state index in [9.17, 15) is 9.59 Å². The van der Waals surface area contributed by atoms with E-state index >= 15 is 0 Å². The molecule has 3 N–H and O–H groups in total. The van der Waals surface area contributed by atoms with Crippen LogP contribution in [0.15, 0.2) is 30.3 Å². The van der Waals surface area contributed by atoms with Gasteiger partial charge in [-0.3, -0.25) is 9.59 Å². The van der Waals surface area contributed by atoms with E-state index in [1.807, 2.05) is 37.3 Å². The SMILES string of the molecule is CCC(C(=O)N1CCC(N)(C(=O)O)C1)c1ccccc1. The molecule has 0 spiro atoms. The van der Waals surface area contributed by atoms with Gasteiger partial charge in [0.1, 0.15) is 5.54 Å². The highest BCUT2D eigenvalue weighted by Crippen LogP contribution is 2.26. The molecule has 1 aromatic carbocycles. The number of carbonyl (C=O) groups excluding carboxylic acids is 1. The first-order valence-electron chi connectivity index (χ1n) is 6.84. The molecule has 0 radical (unpaired) electrons. The van der Waals surface area contributed by atoms with Crippen molar-refractivity contribution in [3.8, 4) is 0 Å². The van der Waals surface area contributed by atoms with Crippen LogP contribution in [0, 0.1) is 0 Å². The summed E-state index contributed by atoms with van der Waals surface area (Å²) in [5.74, 6) is -1.31. The maximum atomic E-state index is 12.6. The van der Waals surface area contributed by atoms with Crippen LogP contribution in [0.4, 0.5) is 0 Å². The van der Waals surface area contributed by atoms with Gasteiger partial charge in [-0.25, -0.2) is 0 Å². The quantitative estimate of drug-likeness (QED) is 0.865. The topological polar surface area (TPSA) is 83.6 Å². The molecule has 1 aliphatic heterocycles. The van der Waals surface area contributed by atoms with E-state index in [-0.39, 0.29) is 18.4 Å². The Morgan fingerprint density at radius 2 is 2.05 bits per heavy atom. The summed E-state index contributed by atoms with van der Waals surface area (Å²) in [6.45, 7) is 2.45. The molecule has 0 aromatic heterocycles. The Labute approximate surface area is 118 Å². The fourth-order valence-corrected chi connectivity index (χ4v) is 2.65. The molecule has 1 fully saturated rings. The van der Waals surface area contributed by atoms with Crippen molar-refractivity contribution in [1.82, 2.24) is 4.90 Å². The molecular weight excluding hydrogens is 256 g/mol. The van der Waals surface area contributed by atoms with Gasteiger partial charge in [-0.1, -0.05) is 37.3 Å². The molecule has 1 heterocycles. The van der Waals surface area contributed by atoms with Crippen LogP contribution < -0.4 is 5.73 Å². The Hall–Kier alpha value is -1.88. The molecule has 0 aliphatic carbocycles. The van der Waals surface area contributed by atoms with E-state index in [1.54, 1.807) is 4.90 Å². The summed E-state index contributed by atoms with van der Waals surface area (Å²) in [5.41, 5.74) is 5.48. The summed E-state index contributed by atoms with van der Waals surface area (Å²) in [6, 6.07) is 9.56. The van der Waals surface area contributed by atoms with Crippen LogP contribution in [0.25, 0.3) is 0 Å². The second kappa shape index (κ2) is 5.63. The number of nitrogens with two attached hydrogens (primary N) is 1. The average Bonchev–Trinajstić information content (AvgIpc) is 2.85. The van der Waals surface area contributed by atoms with Gasteiger partial charge in [-0.2, -0.15) is 0 Å². The van der Waals surface area contributed by atoms with Crippen LogP contribution >= 0.6 is 0 Å². The lowest BCUT2D eigenvalue weighted by molar-refractivity contribution is -0.143. The zero-order chi connectivity index (χ0) is 14.8. The Balaban J connectivity index is 2.13. The van der Waals surface area contributed by atoms with E-state index < -0.39 is 11.5 Å². The standard InChI is InChI=1S/C15H20N2O3/c1-2-12(11-6-4-3-5-7-11)13(18)17-9-8-15(16,10-17)14(19)20/h3-7,12H,2,8-10,16H2,1H3,(H,19,20). The molecule has 20 heavy (non-hydrogen) atoms. The molecule has 1 amide bonds. The molecule has 2 unspecified atom stereocenters. The summed E-state index contributed by atoms with van der Waals surface area (Å²) in [4.78, 5) is 25.3. The Morgan fingerprint density at radius 3 is 2.55 bits per heavy atom. The van der Waals surface area contributed by atoms with Gasteiger partial charge >= 0.3 is 5.97 Å². The molecule has 5 heteroatoms. The van der Waals surface area contributed by atoms with E-state index in [1.165, 1.54) is 0 Å². The lowest BCUT2D eigenvalue weighted by Crippen LogP contribution is -2.51. The van der Waals surface area contributed by atoms with E-state index in [2.05, 4.69) is 0 Å². The molecule has 108 valence electrons. The van der Waals surface area contributed by atoms with Gasteiger partial charge in [0.25, 0.3) is 0 Å². The lowest BCUT2D eigenvalue weighted by atomic mass is 9.95. The summed E-state index contributed by atoms with van der Waals surface area (Å²) >= 11 is 0. The van der Waals surface area contributed by atoms with E-state index in [4.69, 9.17) is 10.8 Å². The van der Waals surface area contributed by atoms with Gasteiger partial charge in [-0.15, -0.1) is 0 Å². The van der Waals surface area contributed by atoms with Gasteiger partial charge < -0.3 is 15.7 Å². The number of aliphatic carboxylic acids is 1. The maximum Gasteiger partial charge on any atom is 0.325 e. The Bertz CT molecular complexity index is 503. The fourth-order valence-electron chi connectivity index (χ4n) is 2.65. The molecule has 1 aliphatic rings. The molecule has 2 atom stereocenters. The summed E-state index contributed by atoms with van der Waals surface area (Å²) < 4.78 is 0. The van der Waals surface area contributed by atoms with Gasteiger partial charge in [0.2, 0.25) is 5.91 Å². The number of benzene rings is 1. The Morgan fingerprint density at radius 1 is 1.40 bits per heavy atom. The average molecular weight is 276 g/mol. The Kier molecular flexibility index (Phi) is 4.09. The zero-order valence-electron chi connectivity index (χ0n) is 11.6. The fraction of sp³-hybridized carbons (Fsp3) is 0.467. The van der Waals surface area contributed by atoms with E-state index in [0.29, 0.717) is 19.4 Å². The van der Waals surface area contributed by atoms with Crippen LogP contribution in [-0.4, -0.2) is 40.5 Å². The van der Waals surface area contributed by atoms with Gasteiger partial charge in [0.15, 0.2) is 0 Å². The molecule has 0 saturated carbocycles. The predicted octanol–water partition coefficient (Wildman–Crippen LogP) is 1.19. The number of carboxylic acids is 1. The third kappa shape index (κ3) is 2.67. The van der Waals surface area contributed by atoms with Crippen molar-refractivity contribution < 1.29 is 14.7 Å². The largest absolute Gasteiger partial charge is 0.480 e. The van der Waals surface area contributed by atoms with Crippen molar-refractivity contribution in [2.75, 3.05) is 13.1 Å². The highest BCUT2D eigenvalue weighted by Gasteiger charge is 2.43. The van der Waals surface area contributed by atoms with Crippen LogP contribution in [0.3, 0.4) is 0 Å². The number of nitrogens with zero attached hydrogens (tertiary/aromatic N) is 1. The zero-order valence-corrected chi connectivity index (χ0v) is 11.6. The second-order valence-corrected chi connectivity index (χ2v) is 5.34. The molecule has 2 rings (SSSR count). The molecule has 5 nitrogen and oxygen atoms in total. The smallest absolute Gasteiger partial charge is 0.325 e. The molecule has 0 bridgehead atoms. The van der Waals surface area contributed by atoms with Crippen molar-refractivity contribution >= 4 is 11.9 Å². The van der Waals surface area contributed by atoms with Gasteiger partial charge in [-0.05, 0) is 18.4 Å². The van der Waals surface area contributed by atoms with Crippen molar-refractivity contribution in [2.45, 2.75) is 31.2 Å². The number of hydrogen-bond donors (Lipinski definition) is 2. The summed E-state index contributed by atoms with van der Waals surface area (Å²) in [7, 11) is 0. The van der Waals surface area contributed by atoms with Gasteiger partial charge in [0, 0.05) is 13.1 Å². The van der Waals surface area contributed by atoms with E-state index in [0.717, 1.165) is 5.56 Å². The number of rotatable bonds is 4. The van der Waals surface area contributed by atoms with Crippen molar-refractivity contribution in [2.24, 2.45) is 5.73 Å². The van der Waals surface area contributed by atoms with Crippen molar-refractivity contribution in [1.29, 1.82) is 0 Å². The maximum absolute atomic E-state index is 12.6. The summed E-state index contributed by atoms with van der Waals surface area (Å²) in [6.07, 6.45) is 0.989. The highest BCUT2D eigenvalue weighted by molar-refractivity contribution is 5.86. The third-order valence-electron chi connectivity index (χ3n) is 3.95. The summed E-state index contributed by atoms with van der Waals surface area (Å²) in [5, 5.41) is 9.12. The highest BCUT2D eigenvalue weighted by atomic mass is 16.4. The van der Waals surface area contributed by atoms with Crippen molar-refractivity contribution in [3.05, 3.63) is 35.9 Å². The van der Waals surface area contributed by atoms with Crippen LogP contribution in [0.1, 0.15) is 31.2 Å². The predicted molar refractivity (Wildman–Crippen MR) is 75.2 cm³/mol. The second-order valence-electron chi connectivity index (χ2n) is 5.34. The molecular formula is C15H20N2O3. The molecule has 1 saturated heterocycles. The monoisotopic (exact) mass is 276 g/mol. The van der Waals surface area contributed by atoms with Gasteiger partial charge in [0.05, 0.1) is 5.92 Å². The first-order chi connectivity index (χ1) is 9.48. The first-order valence-corrected chi connectivity index (χ1v) is 6.84. The third-order valence-corrected chi connectivity index (χ3v) is 3.95. The molecule has 1 aromatic rings. The van der Waals surface area contributed by atoms with Crippen LogP contribution in [-0.2, 0) is 9.59 Å². The lowest BCUT2D eigenvalue weighted by Gasteiger charge is -2.24. The van der Waals surface area contributed by atoms with Crippen molar-refractivity contribution in [3.63, 3.8) is 0 Å². The number of carbonyl (C=O) groups is 2. The number of carboxylic acid groups (broad SMARTS) is 1. The minimum Gasteiger partial charge on any atom is -0.480 e. The van der Waals surface area contributed by atoms with Crippen LogP contribution in [0.2, 0.25) is 0 Å². The van der Waals surface area contributed by atoms with Crippen LogP contribution in [0.5, 0.6) is 0 Å². The minimum atomic E-state index is -1.30. The first kappa shape index (κ1) is 14.5.